The van der Waals surface area contributed by atoms with Crippen LogP contribution in [0.15, 0.2) is 0 Å². The number of hydrogen-bond donors (Lipinski definition) is 1. The number of hydrogen-bond acceptors (Lipinski definition) is 2. The van der Waals surface area contributed by atoms with Crippen LogP contribution in [0.2, 0.25) is 0 Å². The van der Waals surface area contributed by atoms with Crippen molar-refractivity contribution < 1.29 is 5.11 Å². The van der Waals surface area contributed by atoms with Gasteiger partial charge in [0.25, 0.3) is 0 Å². The van der Waals surface area contributed by atoms with Crippen LogP contribution in [0, 0.1) is 5.92 Å². The molecular formula is C8H17NO. The summed E-state index contributed by atoms with van der Waals surface area (Å²) in [6.45, 7) is 5.24. The summed E-state index contributed by atoms with van der Waals surface area (Å²) in [5.74, 6) is 0.754. The summed E-state index contributed by atoms with van der Waals surface area (Å²) in [6.07, 6.45) is 0.976. The van der Waals surface area contributed by atoms with E-state index >= 15 is 0 Å². The van der Waals surface area contributed by atoms with Crippen molar-refractivity contribution in [3.63, 3.8) is 0 Å². The first kappa shape index (κ1) is 8.02. The van der Waals surface area contributed by atoms with E-state index in [9.17, 15) is 5.11 Å². The molecule has 0 radical (unpaired) electrons. The minimum absolute atomic E-state index is 0.171. The lowest BCUT2D eigenvalue weighted by Crippen LogP contribution is -2.34. The van der Waals surface area contributed by atoms with E-state index in [-0.39, 0.29) is 6.10 Å². The molecule has 0 aromatic rings. The minimum Gasteiger partial charge on any atom is -0.392 e. The zero-order chi connectivity index (χ0) is 7.72. The van der Waals surface area contributed by atoms with Gasteiger partial charge in [0.15, 0.2) is 0 Å². The highest BCUT2D eigenvalue weighted by molar-refractivity contribution is 4.84. The molecule has 2 unspecified atom stereocenters. The SMILES string of the molecule is CC(O)C1C[C@@H](C)CN1C. The molecular weight excluding hydrogens is 126 g/mol. The van der Waals surface area contributed by atoms with Crippen LogP contribution in [0.5, 0.6) is 0 Å². The normalized spacial score (nSPS) is 38.4. The van der Waals surface area contributed by atoms with E-state index in [0.29, 0.717) is 6.04 Å². The number of rotatable bonds is 1. The molecule has 1 saturated heterocycles. The standard InChI is InChI=1S/C8H17NO/c1-6-4-8(7(2)10)9(3)5-6/h6-8,10H,4-5H2,1-3H3/t6-,7?,8?/m1/s1. The van der Waals surface area contributed by atoms with Gasteiger partial charge < -0.3 is 10.0 Å². The molecule has 0 aromatic carbocycles. The van der Waals surface area contributed by atoms with Gasteiger partial charge in [-0.15, -0.1) is 0 Å². The van der Waals surface area contributed by atoms with Gasteiger partial charge >= 0.3 is 0 Å². The minimum atomic E-state index is -0.171. The van der Waals surface area contributed by atoms with Gasteiger partial charge in [0, 0.05) is 12.6 Å². The Labute approximate surface area is 62.8 Å². The monoisotopic (exact) mass is 143 g/mol. The maximum Gasteiger partial charge on any atom is 0.0667 e. The molecule has 1 aliphatic rings. The van der Waals surface area contributed by atoms with Crippen LogP contribution in [-0.2, 0) is 0 Å². The molecule has 2 nitrogen and oxygen atoms in total. The van der Waals surface area contributed by atoms with Crippen molar-refractivity contribution in [1.29, 1.82) is 0 Å². The summed E-state index contributed by atoms with van der Waals surface area (Å²) in [4.78, 5) is 2.25. The molecule has 1 rings (SSSR count). The van der Waals surface area contributed by atoms with Gasteiger partial charge in [-0.1, -0.05) is 6.92 Å². The molecule has 10 heavy (non-hydrogen) atoms. The summed E-state index contributed by atoms with van der Waals surface area (Å²) in [5, 5.41) is 9.30. The molecule has 0 bridgehead atoms. The van der Waals surface area contributed by atoms with Crippen LogP contribution in [0.25, 0.3) is 0 Å². The topological polar surface area (TPSA) is 23.5 Å². The predicted molar refractivity (Wildman–Crippen MR) is 41.9 cm³/mol. The van der Waals surface area contributed by atoms with Crippen LogP contribution in [-0.4, -0.2) is 35.7 Å². The van der Waals surface area contributed by atoms with E-state index in [4.69, 9.17) is 0 Å². The van der Waals surface area contributed by atoms with Gasteiger partial charge in [-0.25, -0.2) is 0 Å². The van der Waals surface area contributed by atoms with Gasteiger partial charge in [-0.3, -0.25) is 0 Å². The van der Waals surface area contributed by atoms with Crippen LogP contribution < -0.4 is 0 Å². The first-order valence-electron chi connectivity index (χ1n) is 3.99. The Morgan fingerprint density at radius 1 is 1.60 bits per heavy atom. The van der Waals surface area contributed by atoms with Crippen molar-refractivity contribution in [2.24, 2.45) is 5.92 Å². The van der Waals surface area contributed by atoms with E-state index in [2.05, 4.69) is 18.9 Å². The molecule has 0 amide bonds. The van der Waals surface area contributed by atoms with E-state index in [0.717, 1.165) is 18.9 Å². The van der Waals surface area contributed by atoms with Crippen molar-refractivity contribution in [1.82, 2.24) is 4.90 Å². The van der Waals surface area contributed by atoms with Gasteiger partial charge in [0.05, 0.1) is 6.10 Å². The Kier molecular flexibility index (Phi) is 2.32. The van der Waals surface area contributed by atoms with E-state index < -0.39 is 0 Å². The van der Waals surface area contributed by atoms with Crippen molar-refractivity contribution >= 4 is 0 Å². The number of nitrogens with zero attached hydrogens (tertiary/aromatic N) is 1. The lowest BCUT2D eigenvalue weighted by molar-refractivity contribution is 0.101. The van der Waals surface area contributed by atoms with E-state index in [1.165, 1.54) is 0 Å². The van der Waals surface area contributed by atoms with Crippen molar-refractivity contribution in [3.05, 3.63) is 0 Å². The zero-order valence-corrected chi connectivity index (χ0v) is 7.04. The van der Waals surface area contributed by atoms with Gasteiger partial charge in [-0.2, -0.15) is 0 Å². The van der Waals surface area contributed by atoms with Crippen LogP contribution in [0.4, 0.5) is 0 Å². The fourth-order valence-electron chi connectivity index (χ4n) is 1.86. The second-order valence-corrected chi connectivity index (χ2v) is 3.59. The number of likely N-dealkylation sites (tertiary alicyclic amines) is 1. The van der Waals surface area contributed by atoms with Gasteiger partial charge in [-0.05, 0) is 26.3 Å². The Balaban J connectivity index is 2.46. The van der Waals surface area contributed by atoms with E-state index in [1.807, 2.05) is 6.92 Å². The van der Waals surface area contributed by atoms with Gasteiger partial charge in [0.1, 0.15) is 0 Å². The van der Waals surface area contributed by atoms with Crippen LogP contribution in [0.1, 0.15) is 20.3 Å². The highest BCUT2D eigenvalue weighted by Crippen LogP contribution is 2.22. The third kappa shape index (κ3) is 1.50. The van der Waals surface area contributed by atoms with Crippen molar-refractivity contribution in [2.45, 2.75) is 32.4 Å². The molecule has 2 heteroatoms. The summed E-state index contributed by atoms with van der Waals surface area (Å²) in [5.41, 5.74) is 0. The fourth-order valence-corrected chi connectivity index (χ4v) is 1.86. The van der Waals surface area contributed by atoms with Gasteiger partial charge in [0.2, 0.25) is 0 Å². The second-order valence-electron chi connectivity index (χ2n) is 3.59. The number of likely N-dealkylation sites (N-methyl/N-ethyl adjacent to an activating group) is 1. The van der Waals surface area contributed by atoms with Crippen LogP contribution >= 0.6 is 0 Å². The summed E-state index contributed by atoms with van der Waals surface area (Å²) < 4.78 is 0. The second kappa shape index (κ2) is 2.89. The Bertz CT molecular complexity index is 114. The highest BCUT2D eigenvalue weighted by Gasteiger charge is 2.29. The first-order chi connectivity index (χ1) is 4.61. The molecule has 1 heterocycles. The number of aliphatic hydroxyl groups is 1. The molecule has 1 N–H and O–H groups in total. The maximum atomic E-state index is 9.30. The molecule has 1 aliphatic heterocycles. The lowest BCUT2D eigenvalue weighted by atomic mass is 10.1. The summed E-state index contributed by atoms with van der Waals surface area (Å²) >= 11 is 0. The molecule has 0 aromatic heterocycles. The zero-order valence-electron chi connectivity index (χ0n) is 7.04. The third-order valence-corrected chi connectivity index (χ3v) is 2.37. The largest absolute Gasteiger partial charge is 0.392 e. The maximum absolute atomic E-state index is 9.30. The average Bonchev–Trinajstić information content (AvgIpc) is 2.10. The smallest absolute Gasteiger partial charge is 0.0667 e. The van der Waals surface area contributed by atoms with E-state index in [1.54, 1.807) is 0 Å². The predicted octanol–water partition coefficient (Wildman–Crippen LogP) is 0.707. The van der Waals surface area contributed by atoms with Crippen LogP contribution in [0.3, 0.4) is 0 Å². The summed E-state index contributed by atoms with van der Waals surface area (Å²) in [7, 11) is 2.08. The lowest BCUT2D eigenvalue weighted by Gasteiger charge is -2.21. The molecule has 0 saturated carbocycles. The highest BCUT2D eigenvalue weighted by atomic mass is 16.3. The molecule has 0 spiro atoms. The third-order valence-electron chi connectivity index (χ3n) is 2.37. The Morgan fingerprint density at radius 3 is 2.40 bits per heavy atom. The van der Waals surface area contributed by atoms with Crippen molar-refractivity contribution in [3.8, 4) is 0 Å². The molecule has 0 aliphatic carbocycles. The molecule has 3 atom stereocenters. The quantitative estimate of drug-likeness (QED) is 0.584. The fraction of sp³-hybridized carbons (Fsp3) is 1.00. The Hall–Kier alpha value is -0.0800. The molecule has 60 valence electrons. The Morgan fingerprint density at radius 2 is 2.20 bits per heavy atom. The average molecular weight is 143 g/mol. The summed E-state index contributed by atoms with van der Waals surface area (Å²) in [6, 6.07) is 0.398. The van der Waals surface area contributed by atoms with Crippen molar-refractivity contribution in [2.75, 3.05) is 13.6 Å². The number of aliphatic hydroxyl groups excluding tert-OH is 1. The molecule has 1 fully saturated rings. The first-order valence-corrected chi connectivity index (χ1v) is 3.99.